The summed E-state index contributed by atoms with van der Waals surface area (Å²) in [5.74, 6) is 0.411. The van der Waals surface area contributed by atoms with Gasteiger partial charge in [-0.2, -0.15) is 0 Å². The number of aliphatic hydroxyl groups excluding tert-OH is 1. The van der Waals surface area contributed by atoms with E-state index in [0.717, 1.165) is 6.42 Å². The fourth-order valence-corrected chi connectivity index (χ4v) is 2.90. The number of amides is 1. The average Bonchev–Trinajstić information content (AvgIpc) is 2.90. The Kier molecular flexibility index (Phi) is 3.01. The average molecular weight is 211 g/mol. The van der Waals surface area contributed by atoms with Crippen LogP contribution in [0.5, 0.6) is 0 Å². The van der Waals surface area contributed by atoms with Gasteiger partial charge in [-0.1, -0.05) is 19.3 Å². The molecule has 2 aliphatic rings. The highest BCUT2D eigenvalue weighted by atomic mass is 16.3. The Morgan fingerprint density at radius 3 is 2.73 bits per heavy atom. The SMILES string of the molecule is C[C@@H](O)CNC(=O)[C@H]1CC12CCCCC2. The molecule has 2 rings (SSSR count). The molecule has 0 aromatic heterocycles. The van der Waals surface area contributed by atoms with Crippen molar-refractivity contribution in [1.82, 2.24) is 5.32 Å². The highest BCUT2D eigenvalue weighted by Gasteiger charge is 2.57. The Hall–Kier alpha value is -0.570. The molecule has 86 valence electrons. The van der Waals surface area contributed by atoms with E-state index >= 15 is 0 Å². The zero-order valence-electron chi connectivity index (χ0n) is 9.46. The molecular weight excluding hydrogens is 190 g/mol. The van der Waals surface area contributed by atoms with Crippen LogP contribution in [0.3, 0.4) is 0 Å². The molecule has 0 radical (unpaired) electrons. The van der Waals surface area contributed by atoms with Crippen LogP contribution >= 0.6 is 0 Å². The second-order valence-electron chi connectivity index (χ2n) is 5.27. The van der Waals surface area contributed by atoms with E-state index in [9.17, 15) is 4.79 Å². The third-order valence-electron chi connectivity index (χ3n) is 3.93. The summed E-state index contributed by atoms with van der Waals surface area (Å²) in [6.45, 7) is 2.09. The van der Waals surface area contributed by atoms with Gasteiger partial charge in [0, 0.05) is 12.5 Å². The van der Waals surface area contributed by atoms with Gasteiger partial charge in [0.1, 0.15) is 0 Å². The van der Waals surface area contributed by atoms with E-state index in [2.05, 4.69) is 5.32 Å². The van der Waals surface area contributed by atoms with Crippen molar-refractivity contribution < 1.29 is 9.90 Å². The van der Waals surface area contributed by atoms with Gasteiger partial charge in [-0.15, -0.1) is 0 Å². The summed E-state index contributed by atoms with van der Waals surface area (Å²) in [4.78, 5) is 11.8. The maximum atomic E-state index is 11.8. The molecule has 0 aliphatic heterocycles. The van der Waals surface area contributed by atoms with Crippen LogP contribution in [0.2, 0.25) is 0 Å². The molecule has 0 unspecified atom stereocenters. The van der Waals surface area contributed by atoms with Gasteiger partial charge in [-0.3, -0.25) is 4.79 Å². The van der Waals surface area contributed by atoms with Gasteiger partial charge in [0.2, 0.25) is 5.91 Å². The second-order valence-corrected chi connectivity index (χ2v) is 5.27. The monoisotopic (exact) mass is 211 g/mol. The second kappa shape index (κ2) is 4.12. The molecule has 2 atom stereocenters. The maximum absolute atomic E-state index is 11.8. The predicted molar refractivity (Wildman–Crippen MR) is 58.3 cm³/mol. The van der Waals surface area contributed by atoms with Crippen molar-refractivity contribution in [1.29, 1.82) is 0 Å². The third-order valence-corrected chi connectivity index (χ3v) is 3.93. The van der Waals surface area contributed by atoms with Crippen molar-refractivity contribution in [2.24, 2.45) is 11.3 Å². The largest absolute Gasteiger partial charge is 0.392 e. The molecule has 2 saturated carbocycles. The van der Waals surface area contributed by atoms with E-state index in [1.807, 2.05) is 0 Å². The number of rotatable bonds is 3. The smallest absolute Gasteiger partial charge is 0.223 e. The van der Waals surface area contributed by atoms with Crippen LogP contribution < -0.4 is 5.32 Å². The molecule has 2 N–H and O–H groups in total. The minimum absolute atomic E-state index is 0.165. The lowest BCUT2D eigenvalue weighted by atomic mass is 9.84. The van der Waals surface area contributed by atoms with Crippen molar-refractivity contribution in [3.63, 3.8) is 0 Å². The van der Waals surface area contributed by atoms with E-state index in [1.54, 1.807) is 6.92 Å². The van der Waals surface area contributed by atoms with Crippen molar-refractivity contribution in [2.75, 3.05) is 6.54 Å². The first-order valence-corrected chi connectivity index (χ1v) is 6.10. The molecule has 2 fully saturated rings. The van der Waals surface area contributed by atoms with Crippen LogP contribution in [0.15, 0.2) is 0 Å². The topological polar surface area (TPSA) is 49.3 Å². The first kappa shape index (κ1) is 10.9. The Labute approximate surface area is 91.2 Å². The van der Waals surface area contributed by atoms with Gasteiger partial charge in [0.25, 0.3) is 0 Å². The maximum Gasteiger partial charge on any atom is 0.223 e. The highest BCUT2D eigenvalue weighted by Crippen LogP contribution is 2.61. The van der Waals surface area contributed by atoms with Crippen LogP contribution in [0, 0.1) is 11.3 Å². The van der Waals surface area contributed by atoms with Gasteiger partial charge in [-0.25, -0.2) is 0 Å². The number of carbonyl (C=O) groups excluding carboxylic acids is 1. The summed E-state index contributed by atoms with van der Waals surface area (Å²) < 4.78 is 0. The Morgan fingerprint density at radius 1 is 1.47 bits per heavy atom. The fraction of sp³-hybridized carbons (Fsp3) is 0.917. The molecule has 15 heavy (non-hydrogen) atoms. The lowest BCUT2D eigenvalue weighted by Crippen LogP contribution is -2.33. The van der Waals surface area contributed by atoms with E-state index in [-0.39, 0.29) is 11.8 Å². The zero-order chi connectivity index (χ0) is 10.9. The van der Waals surface area contributed by atoms with Crippen molar-refractivity contribution in [3.8, 4) is 0 Å². The van der Waals surface area contributed by atoms with Gasteiger partial charge in [0.15, 0.2) is 0 Å². The molecule has 0 saturated heterocycles. The van der Waals surface area contributed by atoms with E-state index in [0.29, 0.717) is 12.0 Å². The first-order valence-electron chi connectivity index (χ1n) is 6.10. The molecular formula is C12H21NO2. The quantitative estimate of drug-likeness (QED) is 0.742. The zero-order valence-corrected chi connectivity index (χ0v) is 9.46. The molecule has 0 heterocycles. The molecule has 0 bridgehead atoms. The lowest BCUT2D eigenvalue weighted by Gasteiger charge is -2.22. The number of hydrogen-bond acceptors (Lipinski definition) is 2. The summed E-state index contributed by atoms with van der Waals surface area (Å²) in [5.41, 5.74) is 0.362. The molecule has 1 spiro atoms. The highest BCUT2D eigenvalue weighted by molar-refractivity contribution is 5.82. The van der Waals surface area contributed by atoms with Crippen molar-refractivity contribution in [2.45, 2.75) is 51.6 Å². The van der Waals surface area contributed by atoms with Crippen LogP contribution in [-0.2, 0) is 4.79 Å². The molecule has 0 aromatic carbocycles. The Bertz CT molecular complexity index is 244. The van der Waals surface area contributed by atoms with Crippen LogP contribution in [0.4, 0.5) is 0 Å². The van der Waals surface area contributed by atoms with Gasteiger partial charge in [-0.05, 0) is 31.6 Å². The van der Waals surface area contributed by atoms with Crippen LogP contribution in [0.25, 0.3) is 0 Å². The Balaban J connectivity index is 1.79. The van der Waals surface area contributed by atoms with Crippen molar-refractivity contribution >= 4 is 5.91 Å². The molecule has 0 aromatic rings. The summed E-state index contributed by atoms with van der Waals surface area (Å²) in [5, 5.41) is 11.9. The van der Waals surface area contributed by atoms with Gasteiger partial charge < -0.3 is 10.4 Å². The summed E-state index contributed by atoms with van der Waals surface area (Å²) >= 11 is 0. The molecule has 1 amide bonds. The predicted octanol–water partition coefficient (Wildman–Crippen LogP) is 1.45. The normalized spacial score (nSPS) is 29.9. The van der Waals surface area contributed by atoms with E-state index in [4.69, 9.17) is 5.11 Å². The number of carbonyl (C=O) groups is 1. The standard InChI is InChI=1S/C12H21NO2/c1-9(14)8-13-11(15)10-7-12(10)5-3-2-4-6-12/h9-10,14H,2-8H2,1H3,(H,13,15)/t9-,10-/m1/s1. The fourth-order valence-electron chi connectivity index (χ4n) is 2.90. The number of aliphatic hydroxyl groups is 1. The van der Waals surface area contributed by atoms with E-state index < -0.39 is 6.10 Å². The summed E-state index contributed by atoms with van der Waals surface area (Å²) in [7, 11) is 0. The molecule has 2 aliphatic carbocycles. The van der Waals surface area contributed by atoms with Gasteiger partial charge in [0.05, 0.1) is 6.10 Å². The summed E-state index contributed by atoms with van der Waals surface area (Å²) in [6.07, 6.45) is 7.04. The van der Waals surface area contributed by atoms with Crippen molar-refractivity contribution in [3.05, 3.63) is 0 Å². The van der Waals surface area contributed by atoms with E-state index in [1.165, 1.54) is 32.1 Å². The lowest BCUT2D eigenvalue weighted by molar-refractivity contribution is -0.123. The summed E-state index contributed by atoms with van der Waals surface area (Å²) in [6, 6.07) is 0. The molecule has 3 nitrogen and oxygen atoms in total. The minimum atomic E-state index is -0.435. The minimum Gasteiger partial charge on any atom is -0.392 e. The number of nitrogens with one attached hydrogen (secondary N) is 1. The molecule has 3 heteroatoms. The van der Waals surface area contributed by atoms with Gasteiger partial charge >= 0.3 is 0 Å². The van der Waals surface area contributed by atoms with Crippen LogP contribution in [0.1, 0.15) is 45.4 Å². The number of hydrogen-bond donors (Lipinski definition) is 2. The third kappa shape index (κ3) is 2.33. The first-order chi connectivity index (χ1) is 7.14. The van der Waals surface area contributed by atoms with Crippen LogP contribution in [-0.4, -0.2) is 23.7 Å². The Morgan fingerprint density at radius 2 is 2.13 bits per heavy atom.